The van der Waals surface area contributed by atoms with E-state index in [-0.39, 0.29) is 0 Å². The first-order valence-corrected chi connectivity index (χ1v) is 7.68. The molecule has 20 heavy (non-hydrogen) atoms. The number of hydrogen-bond acceptors (Lipinski definition) is 3. The molecule has 0 radical (unpaired) electrons. The van der Waals surface area contributed by atoms with Crippen LogP contribution in [0, 0.1) is 0 Å². The molecular formula is C16H15N3S. The van der Waals surface area contributed by atoms with Gasteiger partial charge in [0.05, 0.1) is 6.54 Å². The lowest BCUT2D eigenvalue weighted by atomic mass is 10.2. The maximum Gasteiger partial charge on any atom is 0.126 e. The maximum absolute atomic E-state index is 4.35. The van der Waals surface area contributed by atoms with E-state index in [4.69, 9.17) is 0 Å². The third-order valence-electron chi connectivity index (χ3n) is 3.11. The highest BCUT2D eigenvalue weighted by Gasteiger charge is 2.13. The van der Waals surface area contributed by atoms with E-state index in [9.17, 15) is 0 Å². The zero-order valence-electron chi connectivity index (χ0n) is 11.2. The molecule has 0 fully saturated rings. The summed E-state index contributed by atoms with van der Waals surface area (Å²) in [6.07, 6.45) is 2.06. The van der Waals surface area contributed by atoms with Crippen LogP contribution in [-0.2, 0) is 6.54 Å². The second kappa shape index (κ2) is 5.92. The summed E-state index contributed by atoms with van der Waals surface area (Å²) in [4.78, 5) is 0. The molecule has 0 spiro atoms. The molecule has 0 saturated carbocycles. The average molecular weight is 281 g/mol. The van der Waals surface area contributed by atoms with Crippen LogP contribution in [-0.4, -0.2) is 21.2 Å². The molecule has 1 heterocycles. The molecule has 0 saturated heterocycles. The molecule has 100 valence electrons. The first-order valence-electron chi connectivity index (χ1n) is 6.45. The number of benzene rings is 2. The van der Waals surface area contributed by atoms with E-state index in [1.54, 1.807) is 11.8 Å². The van der Waals surface area contributed by atoms with Crippen molar-refractivity contribution in [2.75, 3.05) is 6.26 Å². The van der Waals surface area contributed by atoms with Gasteiger partial charge in [-0.15, -0.1) is 16.9 Å². The summed E-state index contributed by atoms with van der Waals surface area (Å²) < 4.78 is 1.96. The van der Waals surface area contributed by atoms with Crippen LogP contribution in [0.2, 0.25) is 0 Å². The van der Waals surface area contributed by atoms with Gasteiger partial charge >= 0.3 is 0 Å². The lowest BCUT2D eigenvalue weighted by Gasteiger charge is -2.05. The van der Waals surface area contributed by atoms with Crippen molar-refractivity contribution >= 4 is 11.8 Å². The monoisotopic (exact) mass is 281 g/mol. The number of nitrogens with zero attached hydrogens (tertiary/aromatic N) is 3. The number of rotatable bonds is 4. The first kappa shape index (κ1) is 12.9. The molecule has 1 aromatic heterocycles. The van der Waals surface area contributed by atoms with Gasteiger partial charge in [-0.2, -0.15) is 0 Å². The molecule has 0 aliphatic heterocycles. The van der Waals surface area contributed by atoms with Crippen molar-refractivity contribution in [2.45, 2.75) is 11.6 Å². The molecule has 3 nitrogen and oxygen atoms in total. The normalized spacial score (nSPS) is 10.7. The van der Waals surface area contributed by atoms with E-state index < -0.39 is 0 Å². The minimum absolute atomic E-state index is 0.747. The van der Waals surface area contributed by atoms with Crippen molar-refractivity contribution in [1.82, 2.24) is 15.0 Å². The second-order valence-corrected chi connectivity index (χ2v) is 5.25. The smallest absolute Gasteiger partial charge is 0.126 e. The number of thioether (sulfide) groups is 1. The van der Waals surface area contributed by atoms with Crippen molar-refractivity contribution in [3.8, 4) is 11.3 Å². The van der Waals surface area contributed by atoms with Crippen molar-refractivity contribution < 1.29 is 0 Å². The Kier molecular flexibility index (Phi) is 3.83. The summed E-state index contributed by atoms with van der Waals surface area (Å²) in [6.45, 7) is 0.747. The van der Waals surface area contributed by atoms with Crippen molar-refractivity contribution in [1.29, 1.82) is 0 Å². The van der Waals surface area contributed by atoms with Gasteiger partial charge in [0.25, 0.3) is 0 Å². The fourth-order valence-corrected chi connectivity index (χ4v) is 2.81. The molecule has 0 amide bonds. The molecule has 3 rings (SSSR count). The molecule has 4 heteroatoms. The van der Waals surface area contributed by atoms with Gasteiger partial charge in [0.1, 0.15) is 10.7 Å². The SMILES string of the molecule is CSc1c(-c2ccccc2)nnn1Cc1ccccc1. The molecule has 2 aromatic carbocycles. The highest BCUT2D eigenvalue weighted by molar-refractivity contribution is 7.98. The molecule has 0 atom stereocenters. The lowest BCUT2D eigenvalue weighted by Crippen LogP contribution is -2.03. The topological polar surface area (TPSA) is 30.7 Å². The Morgan fingerprint density at radius 2 is 1.60 bits per heavy atom. The predicted octanol–water partition coefficient (Wildman–Crippen LogP) is 3.72. The van der Waals surface area contributed by atoms with Gasteiger partial charge in [-0.25, -0.2) is 4.68 Å². The Balaban J connectivity index is 1.96. The summed E-state index contributed by atoms with van der Waals surface area (Å²) in [7, 11) is 0. The van der Waals surface area contributed by atoms with Gasteiger partial charge in [0.2, 0.25) is 0 Å². The Morgan fingerprint density at radius 1 is 0.950 bits per heavy atom. The largest absolute Gasteiger partial charge is 0.234 e. The quantitative estimate of drug-likeness (QED) is 0.683. The Morgan fingerprint density at radius 3 is 2.25 bits per heavy atom. The molecule has 0 bridgehead atoms. The van der Waals surface area contributed by atoms with Crippen LogP contribution in [0.5, 0.6) is 0 Å². The van der Waals surface area contributed by atoms with Gasteiger partial charge in [0.15, 0.2) is 0 Å². The summed E-state index contributed by atoms with van der Waals surface area (Å²) in [5.41, 5.74) is 3.29. The fraction of sp³-hybridized carbons (Fsp3) is 0.125. The van der Waals surface area contributed by atoms with Gasteiger partial charge < -0.3 is 0 Å². The van der Waals surface area contributed by atoms with Crippen LogP contribution in [0.4, 0.5) is 0 Å². The van der Waals surface area contributed by atoms with Gasteiger partial charge in [-0.1, -0.05) is 65.9 Å². The molecule has 0 aliphatic carbocycles. The van der Waals surface area contributed by atoms with E-state index in [0.29, 0.717) is 0 Å². The zero-order valence-corrected chi connectivity index (χ0v) is 12.0. The van der Waals surface area contributed by atoms with Crippen molar-refractivity contribution in [3.63, 3.8) is 0 Å². The predicted molar refractivity (Wildman–Crippen MR) is 82.8 cm³/mol. The van der Waals surface area contributed by atoms with Crippen LogP contribution in [0.25, 0.3) is 11.3 Å². The minimum atomic E-state index is 0.747. The molecule has 0 N–H and O–H groups in total. The van der Waals surface area contributed by atoms with E-state index in [1.807, 2.05) is 41.1 Å². The van der Waals surface area contributed by atoms with Crippen LogP contribution in [0.15, 0.2) is 65.7 Å². The minimum Gasteiger partial charge on any atom is -0.234 e. The van der Waals surface area contributed by atoms with E-state index >= 15 is 0 Å². The van der Waals surface area contributed by atoms with E-state index in [0.717, 1.165) is 22.8 Å². The summed E-state index contributed by atoms with van der Waals surface area (Å²) in [5, 5.41) is 9.75. The van der Waals surface area contributed by atoms with Crippen LogP contribution in [0.3, 0.4) is 0 Å². The first-order chi connectivity index (χ1) is 9.88. The van der Waals surface area contributed by atoms with Gasteiger partial charge in [-0.05, 0) is 11.8 Å². The fourth-order valence-electron chi connectivity index (χ4n) is 2.14. The molecule has 0 aliphatic rings. The third-order valence-corrected chi connectivity index (χ3v) is 3.90. The maximum atomic E-state index is 4.35. The Hall–Kier alpha value is -2.07. The highest BCUT2D eigenvalue weighted by Crippen LogP contribution is 2.28. The molecular weight excluding hydrogens is 266 g/mol. The lowest BCUT2D eigenvalue weighted by molar-refractivity contribution is 0.605. The van der Waals surface area contributed by atoms with Crippen molar-refractivity contribution in [2.24, 2.45) is 0 Å². The molecule has 0 unspecified atom stereocenters. The van der Waals surface area contributed by atoms with Gasteiger partial charge in [0, 0.05) is 5.56 Å². The number of hydrogen-bond donors (Lipinski definition) is 0. The van der Waals surface area contributed by atoms with Crippen LogP contribution in [0.1, 0.15) is 5.56 Å². The Labute approximate surface area is 122 Å². The standard InChI is InChI=1S/C16H15N3S/c1-20-16-15(14-10-6-3-7-11-14)17-18-19(16)12-13-8-4-2-5-9-13/h2-11H,12H2,1H3. The Bertz CT molecular complexity index is 677. The summed E-state index contributed by atoms with van der Waals surface area (Å²) in [6, 6.07) is 20.5. The van der Waals surface area contributed by atoms with Crippen LogP contribution < -0.4 is 0 Å². The van der Waals surface area contributed by atoms with E-state index in [1.165, 1.54) is 5.56 Å². The second-order valence-electron chi connectivity index (χ2n) is 4.46. The highest BCUT2D eigenvalue weighted by atomic mass is 32.2. The van der Waals surface area contributed by atoms with Crippen molar-refractivity contribution in [3.05, 3.63) is 66.2 Å². The number of aromatic nitrogens is 3. The van der Waals surface area contributed by atoms with Crippen LogP contribution >= 0.6 is 11.8 Å². The third kappa shape index (κ3) is 2.60. The average Bonchev–Trinajstić information content (AvgIpc) is 2.92. The van der Waals surface area contributed by atoms with E-state index in [2.05, 4.69) is 40.8 Å². The zero-order chi connectivity index (χ0) is 13.8. The summed E-state index contributed by atoms with van der Waals surface area (Å²) >= 11 is 1.68. The summed E-state index contributed by atoms with van der Waals surface area (Å²) in [5.74, 6) is 0. The molecule has 3 aromatic rings. The van der Waals surface area contributed by atoms with Gasteiger partial charge in [-0.3, -0.25) is 0 Å².